The van der Waals surface area contributed by atoms with Crippen LogP contribution in [0.25, 0.3) is 0 Å². The maximum atomic E-state index is 13.7. The van der Waals surface area contributed by atoms with Gasteiger partial charge in [-0.05, 0) is 25.5 Å². The molecule has 0 spiro atoms. The van der Waals surface area contributed by atoms with Gasteiger partial charge in [0, 0.05) is 11.8 Å². The molecule has 0 aliphatic heterocycles. The van der Waals surface area contributed by atoms with Crippen molar-refractivity contribution < 1.29 is 9.18 Å². The van der Waals surface area contributed by atoms with Gasteiger partial charge >= 0.3 is 0 Å². The van der Waals surface area contributed by atoms with Gasteiger partial charge < -0.3 is 11.1 Å². The molecule has 8 nitrogen and oxygen atoms in total. The fourth-order valence-corrected chi connectivity index (χ4v) is 2.72. The molecule has 1 amide bonds. The zero-order valence-corrected chi connectivity index (χ0v) is 15.1. The van der Waals surface area contributed by atoms with E-state index in [0.717, 1.165) is 11.3 Å². The van der Waals surface area contributed by atoms with Crippen LogP contribution in [0.4, 0.5) is 10.2 Å². The summed E-state index contributed by atoms with van der Waals surface area (Å²) in [6.45, 7) is 4.26. The summed E-state index contributed by atoms with van der Waals surface area (Å²) in [5.74, 6) is -0.0679. The maximum absolute atomic E-state index is 13.7. The SMILES string of the molecule is CCc1c(CNC(=O)c2ccccc2F)nnn1Cc1cnc(C)nc1N. The highest BCUT2D eigenvalue weighted by Gasteiger charge is 2.16. The maximum Gasteiger partial charge on any atom is 0.254 e. The number of rotatable bonds is 6. The van der Waals surface area contributed by atoms with Gasteiger partial charge in [-0.1, -0.05) is 24.3 Å². The summed E-state index contributed by atoms with van der Waals surface area (Å²) in [5, 5.41) is 11.0. The standard InChI is InChI=1S/C18H20FN7O/c1-3-16-15(9-22-18(27)13-6-4-5-7-14(13)19)24-25-26(16)10-12-8-21-11(2)23-17(12)20/h4-8H,3,9-10H2,1-2H3,(H,22,27)(H2,20,21,23). The Bertz CT molecular complexity index is 970. The van der Waals surface area contributed by atoms with E-state index in [4.69, 9.17) is 5.73 Å². The zero-order chi connectivity index (χ0) is 19.4. The van der Waals surface area contributed by atoms with E-state index < -0.39 is 11.7 Å². The second-order valence-electron chi connectivity index (χ2n) is 5.98. The average molecular weight is 369 g/mol. The van der Waals surface area contributed by atoms with Crippen molar-refractivity contribution in [2.24, 2.45) is 0 Å². The molecule has 0 atom stereocenters. The lowest BCUT2D eigenvalue weighted by Gasteiger charge is -2.09. The molecule has 0 fully saturated rings. The third-order valence-corrected chi connectivity index (χ3v) is 4.13. The fourth-order valence-electron chi connectivity index (χ4n) is 2.72. The second-order valence-corrected chi connectivity index (χ2v) is 5.98. The molecule has 0 radical (unpaired) electrons. The molecule has 0 bridgehead atoms. The first-order valence-electron chi connectivity index (χ1n) is 8.51. The van der Waals surface area contributed by atoms with Crippen molar-refractivity contribution in [3.05, 3.63) is 64.6 Å². The summed E-state index contributed by atoms with van der Waals surface area (Å²) >= 11 is 0. The molecule has 0 aliphatic carbocycles. The normalized spacial score (nSPS) is 10.8. The number of carbonyl (C=O) groups is 1. The summed E-state index contributed by atoms with van der Waals surface area (Å²) < 4.78 is 15.4. The molecule has 27 heavy (non-hydrogen) atoms. The first kappa shape index (κ1) is 18.4. The van der Waals surface area contributed by atoms with Gasteiger partial charge in [0.2, 0.25) is 0 Å². The van der Waals surface area contributed by atoms with Crippen LogP contribution in [0.5, 0.6) is 0 Å². The smallest absolute Gasteiger partial charge is 0.254 e. The molecular formula is C18H20FN7O. The van der Waals surface area contributed by atoms with Gasteiger partial charge in [0.1, 0.15) is 23.2 Å². The van der Waals surface area contributed by atoms with Crippen LogP contribution < -0.4 is 11.1 Å². The van der Waals surface area contributed by atoms with Crippen molar-refractivity contribution in [2.45, 2.75) is 33.4 Å². The van der Waals surface area contributed by atoms with E-state index in [0.29, 0.717) is 30.3 Å². The minimum atomic E-state index is -0.566. The van der Waals surface area contributed by atoms with Crippen LogP contribution >= 0.6 is 0 Å². The first-order valence-corrected chi connectivity index (χ1v) is 8.51. The largest absolute Gasteiger partial charge is 0.383 e. The number of aromatic nitrogens is 5. The number of carbonyl (C=O) groups excluding carboxylic acids is 1. The Labute approximate surface area is 155 Å². The highest BCUT2D eigenvalue weighted by Crippen LogP contribution is 2.13. The summed E-state index contributed by atoms with van der Waals surface area (Å²) in [7, 11) is 0. The Morgan fingerprint density at radius 1 is 1.33 bits per heavy atom. The van der Waals surface area contributed by atoms with Gasteiger partial charge in [0.15, 0.2) is 0 Å². The molecule has 2 heterocycles. The number of nitrogens with zero attached hydrogens (tertiary/aromatic N) is 5. The molecule has 1 aromatic carbocycles. The summed E-state index contributed by atoms with van der Waals surface area (Å²) in [6.07, 6.45) is 2.32. The summed E-state index contributed by atoms with van der Waals surface area (Å²) in [4.78, 5) is 20.5. The van der Waals surface area contributed by atoms with Gasteiger partial charge in [-0.2, -0.15) is 0 Å². The Balaban J connectivity index is 1.74. The van der Waals surface area contributed by atoms with E-state index >= 15 is 0 Å². The molecule has 140 valence electrons. The van der Waals surface area contributed by atoms with Crippen molar-refractivity contribution in [3.63, 3.8) is 0 Å². The molecule has 3 aromatic rings. The number of nitrogens with one attached hydrogen (secondary N) is 1. The third-order valence-electron chi connectivity index (χ3n) is 4.13. The Morgan fingerprint density at radius 3 is 2.81 bits per heavy atom. The van der Waals surface area contributed by atoms with Crippen LogP contribution in [0.15, 0.2) is 30.5 Å². The van der Waals surface area contributed by atoms with Crippen LogP contribution in [-0.4, -0.2) is 30.9 Å². The van der Waals surface area contributed by atoms with Crippen LogP contribution in [0.2, 0.25) is 0 Å². The Morgan fingerprint density at radius 2 is 2.11 bits per heavy atom. The van der Waals surface area contributed by atoms with Crippen molar-refractivity contribution in [1.82, 2.24) is 30.3 Å². The predicted octanol–water partition coefficient (Wildman–Crippen LogP) is 1.64. The lowest BCUT2D eigenvalue weighted by molar-refractivity contribution is 0.0946. The monoisotopic (exact) mass is 369 g/mol. The number of anilines is 1. The number of aryl methyl sites for hydroxylation is 1. The van der Waals surface area contributed by atoms with Gasteiger partial charge in [0.05, 0.1) is 24.3 Å². The fraction of sp³-hybridized carbons (Fsp3) is 0.278. The van der Waals surface area contributed by atoms with Crippen LogP contribution in [0, 0.1) is 12.7 Å². The quantitative estimate of drug-likeness (QED) is 0.683. The van der Waals surface area contributed by atoms with Crippen LogP contribution in [0.1, 0.15) is 40.1 Å². The van der Waals surface area contributed by atoms with Crippen LogP contribution in [-0.2, 0) is 19.5 Å². The average Bonchev–Trinajstić information content (AvgIpc) is 3.04. The topological polar surface area (TPSA) is 112 Å². The van der Waals surface area contributed by atoms with E-state index in [-0.39, 0.29) is 12.1 Å². The molecule has 0 saturated carbocycles. The third kappa shape index (κ3) is 4.08. The number of nitrogens with two attached hydrogens (primary N) is 1. The molecule has 3 rings (SSSR count). The molecule has 0 unspecified atom stereocenters. The zero-order valence-electron chi connectivity index (χ0n) is 15.1. The Kier molecular flexibility index (Phi) is 5.39. The number of amides is 1. The molecule has 2 aromatic heterocycles. The lowest BCUT2D eigenvalue weighted by Crippen LogP contribution is -2.24. The van der Waals surface area contributed by atoms with Gasteiger partial charge in [-0.3, -0.25) is 4.79 Å². The van der Waals surface area contributed by atoms with Gasteiger partial charge in [-0.15, -0.1) is 5.10 Å². The van der Waals surface area contributed by atoms with Crippen molar-refractivity contribution in [1.29, 1.82) is 0 Å². The number of hydrogen-bond donors (Lipinski definition) is 2. The van der Waals surface area contributed by atoms with Crippen molar-refractivity contribution >= 4 is 11.7 Å². The number of halogens is 1. The molecule has 0 saturated heterocycles. The molecule has 3 N–H and O–H groups in total. The van der Waals surface area contributed by atoms with Gasteiger partial charge in [-0.25, -0.2) is 19.0 Å². The summed E-state index contributed by atoms with van der Waals surface area (Å²) in [5.41, 5.74) is 8.14. The lowest BCUT2D eigenvalue weighted by atomic mass is 10.2. The van der Waals surface area contributed by atoms with Crippen molar-refractivity contribution in [2.75, 3.05) is 5.73 Å². The number of hydrogen-bond acceptors (Lipinski definition) is 6. The van der Waals surface area contributed by atoms with E-state index in [1.54, 1.807) is 23.9 Å². The predicted molar refractivity (Wildman–Crippen MR) is 97.3 cm³/mol. The highest BCUT2D eigenvalue weighted by molar-refractivity contribution is 5.94. The van der Waals surface area contributed by atoms with E-state index in [1.807, 2.05) is 6.92 Å². The van der Waals surface area contributed by atoms with Gasteiger partial charge in [0.25, 0.3) is 5.91 Å². The molecule has 0 aliphatic rings. The van der Waals surface area contributed by atoms with E-state index in [2.05, 4.69) is 25.6 Å². The Hall–Kier alpha value is -3.36. The van der Waals surface area contributed by atoms with Crippen molar-refractivity contribution in [3.8, 4) is 0 Å². The summed E-state index contributed by atoms with van der Waals surface area (Å²) in [6, 6.07) is 5.83. The minimum absolute atomic E-state index is 0.00693. The molecule has 9 heteroatoms. The second kappa shape index (κ2) is 7.90. The minimum Gasteiger partial charge on any atom is -0.383 e. The number of benzene rings is 1. The first-order chi connectivity index (χ1) is 13.0. The number of nitrogen functional groups attached to an aromatic ring is 1. The van der Waals surface area contributed by atoms with Crippen LogP contribution in [0.3, 0.4) is 0 Å². The molecular weight excluding hydrogens is 349 g/mol. The van der Waals surface area contributed by atoms with E-state index in [1.165, 1.54) is 18.2 Å². The highest BCUT2D eigenvalue weighted by atomic mass is 19.1. The van der Waals surface area contributed by atoms with E-state index in [9.17, 15) is 9.18 Å².